The van der Waals surface area contributed by atoms with Crippen molar-refractivity contribution in [1.29, 1.82) is 0 Å². The number of thioether (sulfide) groups is 1. The molecule has 5 nitrogen and oxygen atoms in total. The summed E-state index contributed by atoms with van der Waals surface area (Å²) >= 11 is 1.30. The van der Waals surface area contributed by atoms with Gasteiger partial charge in [-0.25, -0.2) is 0 Å². The van der Waals surface area contributed by atoms with E-state index in [0.717, 1.165) is 28.6 Å². The predicted molar refractivity (Wildman–Crippen MR) is 79.5 cm³/mol. The SMILES string of the molecule is CCCCOc1nn(C)c2ccc(SCC(=O)O)cc12. The van der Waals surface area contributed by atoms with Crippen LogP contribution >= 0.6 is 11.8 Å². The predicted octanol–water partition coefficient (Wildman–Crippen LogP) is 2.93. The molecule has 0 fully saturated rings. The smallest absolute Gasteiger partial charge is 0.313 e. The summed E-state index contributed by atoms with van der Waals surface area (Å²) in [5, 5.41) is 14.0. The van der Waals surface area contributed by atoms with Crippen LogP contribution in [0.2, 0.25) is 0 Å². The van der Waals surface area contributed by atoms with Crippen molar-refractivity contribution in [2.24, 2.45) is 7.05 Å². The zero-order valence-corrected chi connectivity index (χ0v) is 12.4. The lowest BCUT2D eigenvalue weighted by molar-refractivity contribution is -0.133. The lowest BCUT2D eigenvalue weighted by Gasteiger charge is -2.02. The fourth-order valence-corrected chi connectivity index (χ4v) is 2.52. The second kappa shape index (κ2) is 6.65. The van der Waals surface area contributed by atoms with E-state index in [2.05, 4.69) is 12.0 Å². The number of hydrogen-bond acceptors (Lipinski definition) is 4. The van der Waals surface area contributed by atoms with E-state index < -0.39 is 5.97 Å². The highest BCUT2D eigenvalue weighted by Gasteiger charge is 2.11. The molecule has 0 aliphatic carbocycles. The summed E-state index contributed by atoms with van der Waals surface area (Å²) in [5.41, 5.74) is 0.983. The molecule has 6 heteroatoms. The molecule has 108 valence electrons. The molecule has 0 spiro atoms. The maximum atomic E-state index is 10.6. The van der Waals surface area contributed by atoms with Crippen molar-refractivity contribution in [2.75, 3.05) is 12.4 Å². The van der Waals surface area contributed by atoms with Gasteiger partial charge in [-0.3, -0.25) is 9.48 Å². The van der Waals surface area contributed by atoms with E-state index in [1.54, 1.807) is 4.68 Å². The number of benzene rings is 1. The monoisotopic (exact) mass is 294 g/mol. The number of carboxylic acids is 1. The minimum absolute atomic E-state index is 0.0534. The Morgan fingerprint density at radius 1 is 1.50 bits per heavy atom. The third-order valence-electron chi connectivity index (χ3n) is 2.89. The largest absolute Gasteiger partial charge is 0.481 e. The molecule has 0 saturated heterocycles. The lowest BCUT2D eigenvalue weighted by atomic mass is 10.2. The van der Waals surface area contributed by atoms with Gasteiger partial charge >= 0.3 is 5.97 Å². The fraction of sp³-hybridized carbons (Fsp3) is 0.429. The van der Waals surface area contributed by atoms with Crippen molar-refractivity contribution >= 4 is 28.6 Å². The fourth-order valence-electron chi connectivity index (χ4n) is 1.87. The molecule has 0 atom stereocenters. The number of nitrogens with zero attached hydrogens (tertiary/aromatic N) is 2. The van der Waals surface area contributed by atoms with E-state index >= 15 is 0 Å². The number of fused-ring (bicyclic) bond motifs is 1. The van der Waals surface area contributed by atoms with Crippen LogP contribution in [0.3, 0.4) is 0 Å². The highest BCUT2D eigenvalue weighted by Crippen LogP contribution is 2.29. The van der Waals surface area contributed by atoms with Crippen molar-refractivity contribution in [3.05, 3.63) is 18.2 Å². The summed E-state index contributed by atoms with van der Waals surface area (Å²) in [5.74, 6) is -0.146. The molecule has 0 unspecified atom stereocenters. The normalized spacial score (nSPS) is 10.9. The number of aliphatic carboxylic acids is 1. The first kappa shape index (κ1) is 14.7. The highest BCUT2D eigenvalue weighted by molar-refractivity contribution is 8.00. The van der Waals surface area contributed by atoms with Gasteiger partial charge in [0.2, 0.25) is 5.88 Å². The van der Waals surface area contributed by atoms with Gasteiger partial charge in [0.05, 0.1) is 23.3 Å². The van der Waals surface area contributed by atoms with Crippen LogP contribution in [0, 0.1) is 0 Å². The van der Waals surface area contributed by atoms with Crippen molar-refractivity contribution in [3.8, 4) is 5.88 Å². The molecule has 0 saturated carbocycles. The summed E-state index contributed by atoms with van der Waals surface area (Å²) in [6.07, 6.45) is 2.07. The van der Waals surface area contributed by atoms with Crippen LogP contribution in [0.15, 0.2) is 23.1 Å². The Kier molecular flexibility index (Phi) is 4.89. The van der Waals surface area contributed by atoms with Crippen LogP contribution in [0.4, 0.5) is 0 Å². The quantitative estimate of drug-likeness (QED) is 0.628. The van der Waals surface area contributed by atoms with Gasteiger partial charge in [0.15, 0.2) is 0 Å². The standard InChI is InChI=1S/C14H18N2O3S/c1-3-4-7-19-14-11-8-10(20-9-13(17)18)5-6-12(11)16(2)15-14/h5-6,8H,3-4,7,9H2,1-2H3,(H,17,18). The molecule has 0 radical (unpaired) electrons. The van der Waals surface area contributed by atoms with Gasteiger partial charge in [0.25, 0.3) is 0 Å². The Labute approximate surface area is 121 Å². The molecular weight excluding hydrogens is 276 g/mol. The van der Waals surface area contributed by atoms with Crippen LogP contribution < -0.4 is 4.74 Å². The van der Waals surface area contributed by atoms with Gasteiger partial charge in [-0.15, -0.1) is 16.9 Å². The molecular formula is C14H18N2O3S. The van der Waals surface area contributed by atoms with E-state index in [0.29, 0.717) is 12.5 Å². The van der Waals surface area contributed by atoms with E-state index in [9.17, 15) is 4.79 Å². The highest BCUT2D eigenvalue weighted by atomic mass is 32.2. The average molecular weight is 294 g/mol. The number of hydrogen-bond donors (Lipinski definition) is 1. The number of unbranched alkanes of at least 4 members (excludes halogenated alkanes) is 1. The number of ether oxygens (including phenoxy) is 1. The molecule has 20 heavy (non-hydrogen) atoms. The van der Waals surface area contributed by atoms with E-state index in [-0.39, 0.29) is 5.75 Å². The van der Waals surface area contributed by atoms with Gasteiger partial charge in [-0.05, 0) is 24.6 Å². The zero-order valence-electron chi connectivity index (χ0n) is 11.6. The molecule has 1 heterocycles. The molecule has 0 bridgehead atoms. The first-order chi connectivity index (χ1) is 9.61. The second-order valence-corrected chi connectivity index (χ2v) is 5.54. The van der Waals surface area contributed by atoms with Crippen molar-refractivity contribution in [2.45, 2.75) is 24.7 Å². The Morgan fingerprint density at radius 3 is 3.00 bits per heavy atom. The third-order valence-corrected chi connectivity index (χ3v) is 3.87. The first-order valence-electron chi connectivity index (χ1n) is 6.56. The van der Waals surface area contributed by atoms with Gasteiger partial charge in [-0.1, -0.05) is 13.3 Å². The summed E-state index contributed by atoms with van der Waals surface area (Å²) < 4.78 is 7.48. The van der Waals surface area contributed by atoms with Crippen LogP contribution in [0.25, 0.3) is 10.9 Å². The Hall–Kier alpha value is -1.69. The van der Waals surface area contributed by atoms with Crippen LogP contribution in [-0.2, 0) is 11.8 Å². The van der Waals surface area contributed by atoms with E-state index in [1.165, 1.54) is 11.8 Å². The molecule has 2 aromatic rings. The Bertz CT molecular complexity index is 610. The summed E-state index contributed by atoms with van der Waals surface area (Å²) in [7, 11) is 1.87. The van der Waals surface area contributed by atoms with Crippen molar-refractivity contribution < 1.29 is 14.6 Å². The van der Waals surface area contributed by atoms with E-state index in [1.807, 2.05) is 25.2 Å². The second-order valence-electron chi connectivity index (χ2n) is 4.49. The van der Waals surface area contributed by atoms with Crippen molar-refractivity contribution in [1.82, 2.24) is 9.78 Å². The van der Waals surface area contributed by atoms with Gasteiger partial charge in [0.1, 0.15) is 0 Å². The summed E-state index contributed by atoms with van der Waals surface area (Å²) in [6.45, 7) is 2.76. The average Bonchev–Trinajstić information content (AvgIpc) is 2.73. The van der Waals surface area contributed by atoms with Gasteiger partial charge in [0, 0.05) is 11.9 Å². The molecule has 0 aliphatic rings. The molecule has 0 amide bonds. The summed E-state index contributed by atoms with van der Waals surface area (Å²) in [6, 6.07) is 5.80. The molecule has 1 N–H and O–H groups in total. The first-order valence-corrected chi connectivity index (χ1v) is 7.54. The zero-order chi connectivity index (χ0) is 14.5. The molecule has 2 rings (SSSR count). The van der Waals surface area contributed by atoms with E-state index in [4.69, 9.17) is 9.84 Å². The van der Waals surface area contributed by atoms with Gasteiger partial charge < -0.3 is 9.84 Å². The molecule has 0 aliphatic heterocycles. The lowest BCUT2D eigenvalue weighted by Crippen LogP contribution is -1.98. The van der Waals surface area contributed by atoms with Crippen LogP contribution in [0.5, 0.6) is 5.88 Å². The number of carbonyl (C=O) groups is 1. The minimum Gasteiger partial charge on any atom is -0.481 e. The number of aromatic nitrogens is 2. The maximum absolute atomic E-state index is 10.6. The van der Waals surface area contributed by atoms with Crippen LogP contribution in [-0.4, -0.2) is 33.2 Å². The molecule has 1 aromatic heterocycles. The topological polar surface area (TPSA) is 64.4 Å². The maximum Gasteiger partial charge on any atom is 0.313 e. The molecule has 1 aromatic carbocycles. The minimum atomic E-state index is -0.819. The van der Waals surface area contributed by atoms with Crippen LogP contribution in [0.1, 0.15) is 19.8 Å². The third kappa shape index (κ3) is 3.45. The Balaban J connectivity index is 2.23. The number of aryl methyl sites for hydroxylation is 1. The van der Waals surface area contributed by atoms with Gasteiger partial charge in [-0.2, -0.15) is 0 Å². The Morgan fingerprint density at radius 2 is 2.30 bits per heavy atom. The summed E-state index contributed by atoms with van der Waals surface area (Å²) in [4.78, 5) is 11.5. The number of carboxylic acid groups (broad SMARTS) is 1. The van der Waals surface area contributed by atoms with Crippen molar-refractivity contribution in [3.63, 3.8) is 0 Å². The number of rotatable bonds is 7.